The molecule has 1 aliphatic carbocycles. The lowest BCUT2D eigenvalue weighted by Gasteiger charge is -2.15. The first-order valence-corrected chi connectivity index (χ1v) is 14.1. The third kappa shape index (κ3) is 7.30. The fourth-order valence-corrected chi connectivity index (χ4v) is 5.41. The van der Waals surface area contributed by atoms with Crippen LogP contribution in [0.2, 0.25) is 0 Å². The molecule has 0 aliphatic heterocycles. The third-order valence-corrected chi connectivity index (χ3v) is 7.82. The predicted octanol–water partition coefficient (Wildman–Crippen LogP) is 6.93. The number of sulfonamides is 1. The SMILES string of the molecule is O=C(Cc1ccc(S(=O)(=O)NC2CC2)cc1)Nc1ccc(-c2cccc(F)c2)c(Oc2cccc(C(F)(F)F)c2)c1. The molecule has 0 atom stereocenters. The molecule has 6 nitrogen and oxygen atoms in total. The number of rotatable bonds is 9. The Kier molecular flexibility index (Phi) is 7.83. The molecule has 0 bridgehead atoms. The number of halogens is 4. The van der Waals surface area contributed by atoms with Crippen molar-refractivity contribution in [1.82, 2.24) is 4.72 Å². The molecule has 4 aromatic carbocycles. The number of hydrogen-bond acceptors (Lipinski definition) is 4. The number of carbonyl (C=O) groups is 1. The van der Waals surface area contributed by atoms with Gasteiger partial charge in [-0.15, -0.1) is 0 Å². The highest BCUT2D eigenvalue weighted by Crippen LogP contribution is 2.38. The molecule has 5 rings (SSSR count). The first kappa shape index (κ1) is 28.3. The second-order valence-corrected chi connectivity index (χ2v) is 11.3. The number of alkyl halides is 3. The molecule has 0 saturated heterocycles. The summed E-state index contributed by atoms with van der Waals surface area (Å²) in [6.07, 6.45) is -3.01. The van der Waals surface area contributed by atoms with Gasteiger partial charge in [-0.25, -0.2) is 17.5 Å². The fourth-order valence-electron chi connectivity index (χ4n) is 4.11. The molecule has 1 saturated carbocycles. The lowest BCUT2D eigenvalue weighted by molar-refractivity contribution is -0.137. The van der Waals surface area contributed by atoms with Crippen LogP contribution in [0.15, 0.2) is 95.9 Å². The molecule has 1 fully saturated rings. The maximum absolute atomic E-state index is 13.9. The highest BCUT2D eigenvalue weighted by Gasteiger charge is 2.31. The van der Waals surface area contributed by atoms with E-state index in [9.17, 15) is 30.8 Å². The number of benzene rings is 4. The molecular weight excluding hydrogens is 560 g/mol. The molecule has 2 N–H and O–H groups in total. The second-order valence-electron chi connectivity index (χ2n) is 9.61. The molecule has 1 aliphatic rings. The number of amides is 1. The van der Waals surface area contributed by atoms with Gasteiger partial charge in [0.1, 0.15) is 17.3 Å². The molecule has 0 radical (unpaired) electrons. The first-order chi connectivity index (χ1) is 19.5. The zero-order chi connectivity index (χ0) is 29.2. The minimum atomic E-state index is -4.57. The summed E-state index contributed by atoms with van der Waals surface area (Å²) in [5, 5.41) is 2.72. The van der Waals surface area contributed by atoms with Crippen molar-refractivity contribution in [2.24, 2.45) is 0 Å². The minimum Gasteiger partial charge on any atom is -0.457 e. The van der Waals surface area contributed by atoms with Gasteiger partial charge >= 0.3 is 6.18 Å². The quantitative estimate of drug-likeness (QED) is 0.209. The van der Waals surface area contributed by atoms with Gasteiger partial charge < -0.3 is 10.1 Å². The molecule has 0 heterocycles. The van der Waals surface area contributed by atoms with E-state index < -0.39 is 33.5 Å². The topological polar surface area (TPSA) is 84.5 Å². The van der Waals surface area contributed by atoms with Crippen LogP contribution in [0.25, 0.3) is 11.1 Å². The Morgan fingerprint density at radius 3 is 2.32 bits per heavy atom. The van der Waals surface area contributed by atoms with Crippen LogP contribution in [0, 0.1) is 5.82 Å². The Hall–Kier alpha value is -4.22. The number of carbonyl (C=O) groups excluding carboxylic acids is 1. The van der Waals surface area contributed by atoms with Gasteiger partial charge in [0.15, 0.2) is 0 Å². The zero-order valence-electron chi connectivity index (χ0n) is 21.4. The monoisotopic (exact) mass is 584 g/mol. The molecule has 41 heavy (non-hydrogen) atoms. The molecule has 1 amide bonds. The molecule has 11 heteroatoms. The van der Waals surface area contributed by atoms with Crippen LogP contribution >= 0.6 is 0 Å². The fraction of sp³-hybridized carbons (Fsp3) is 0.167. The van der Waals surface area contributed by atoms with E-state index >= 15 is 0 Å². The summed E-state index contributed by atoms with van der Waals surface area (Å²) in [5.41, 5.74) is 0.802. The molecule has 0 spiro atoms. The molecule has 212 valence electrons. The summed E-state index contributed by atoms with van der Waals surface area (Å²) in [4.78, 5) is 12.9. The number of nitrogens with one attached hydrogen (secondary N) is 2. The number of anilines is 1. The average molecular weight is 585 g/mol. The first-order valence-electron chi connectivity index (χ1n) is 12.6. The van der Waals surface area contributed by atoms with Crippen LogP contribution in [0.4, 0.5) is 23.2 Å². The standard InChI is InChI=1S/C30H24F4N2O4S/c31-22-5-1-3-20(16-22)27-14-11-24(18-28(27)40-25-6-2-4-21(17-25)30(32,33)34)35-29(37)15-19-7-12-26(13-8-19)41(38,39)36-23-9-10-23/h1-8,11-14,16-18,23,36H,9-10,15H2,(H,35,37). The van der Waals surface area contributed by atoms with Crippen molar-refractivity contribution in [3.05, 3.63) is 108 Å². The van der Waals surface area contributed by atoms with Crippen molar-refractivity contribution in [2.45, 2.75) is 36.4 Å². The van der Waals surface area contributed by atoms with E-state index in [1.165, 1.54) is 48.5 Å². The summed E-state index contributed by atoms with van der Waals surface area (Å²) in [6, 6.07) is 20.5. The van der Waals surface area contributed by atoms with Crippen molar-refractivity contribution < 1.29 is 35.5 Å². The Bertz CT molecular complexity index is 1690. The maximum Gasteiger partial charge on any atom is 0.416 e. The van der Waals surface area contributed by atoms with Gasteiger partial charge in [0.2, 0.25) is 15.9 Å². The van der Waals surface area contributed by atoms with Crippen molar-refractivity contribution in [1.29, 1.82) is 0 Å². The van der Waals surface area contributed by atoms with Crippen molar-refractivity contribution >= 4 is 21.6 Å². The van der Waals surface area contributed by atoms with Gasteiger partial charge in [0.05, 0.1) is 16.9 Å². The van der Waals surface area contributed by atoms with Crippen LogP contribution in [0.3, 0.4) is 0 Å². The van der Waals surface area contributed by atoms with E-state index in [4.69, 9.17) is 4.74 Å². The van der Waals surface area contributed by atoms with Crippen LogP contribution < -0.4 is 14.8 Å². The Labute approximate surface area is 234 Å². The Morgan fingerprint density at radius 1 is 0.902 bits per heavy atom. The van der Waals surface area contributed by atoms with Crippen LogP contribution in [-0.2, 0) is 27.4 Å². The summed E-state index contributed by atoms with van der Waals surface area (Å²) in [7, 11) is -3.61. The lowest BCUT2D eigenvalue weighted by Crippen LogP contribution is -2.25. The molecule has 0 unspecified atom stereocenters. The number of ether oxygens (including phenoxy) is 1. The van der Waals surface area contributed by atoms with E-state index in [-0.39, 0.29) is 28.9 Å². The average Bonchev–Trinajstić information content (AvgIpc) is 3.72. The van der Waals surface area contributed by atoms with E-state index in [2.05, 4.69) is 10.0 Å². The Balaban J connectivity index is 1.36. The largest absolute Gasteiger partial charge is 0.457 e. The normalized spacial score (nSPS) is 13.6. The van der Waals surface area contributed by atoms with E-state index in [1.807, 2.05) is 0 Å². The minimum absolute atomic E-state index is 0.0276. The predicted molar refractivity (Wildman–Crippen MR) is 145 cm³/mol. The van der Waals surface area contributed by atoms with Gasteiger partial charge in [0, 0.05) is 23.4 Å². The van der Waals surface area contributed by atoms with E-state index in [0.29, 0.717) is 22.4 Å². The van der Waals surface area contributed by atoms with E-state index in [1.54, 1.807) is 30.3 Å². The lowest BCUT2D eigenvalue weighted by atomic mass is 10.0. The van der Waals surface area contributed by atoms with Crippen molar-refractivity contribution in [2.75, 3.05) is 5.32 Å². The van der Waals surface area contributed by atoms with Crippen LogP contribution in [0.5, 0.6) is 11.5 Å². The molecular formula is C30H24F4N2O4S. The summed E-state index contributed by atoms with van der Waals surface area (Å²) < 4.78 is 86.8. The Morgan fingerprint density at radius 2 is 1.63 bits per heavy atom. The summed E-state index contributed by atoms with van der Waals surface area (Å²) >= 11 is 0. The zero-order valence-corrected chi connectivity index (χ0v) is 22.2. The van der Waals surface area contributed by atoms with Gasteiger partial charge in [-0.05, 0) is 78.6 Å². The summed E-state index contributed by atoms with van der Waals surface area (Å²) in [5.74, 6) is -0.912. The highest BCUT2D eigenvalue weighted by atomic mass is 32.2. The van der Waals surface area contributed by atoms with Gasteiger partial charge in [0.25, 0.3) is 0 Å². The van der Waals surface area contributed by atoms with Gasteiger partial charge in [-0.1, -0.05) is 30.3 Å². The smallest absolute Gasteiger partial charge is 0.416 e. The van der Waals surface area contributed by atoms with Gasteiger partial charge in [-0.2, -0.15) is 13.2 Å². The number of hydrogen-bond donors (Lipinski definition) is 2. The third-order valence-electron chi connectivity index (χ3n) is 6.29. The molecule has 0 aromatic heterocycles. The highest BCUT2D eigenvalue weighted by molar-refractivity contribution is 7.89. The van der Waals surface area contributed by atoms with Crippen molar-refractivity contribution in [3.63, 3.8) is 0 Å². The maximum atomic E-state index is 13.9. The van der Waals surface area contributed by atoms with Gasteiger partial charge in [-0.3, -0.25) is 4.79 Å². The summed E-state index contributed by atoms with van der Waals surface area (Å²) in [6.45, 7) is 0. The second kappa shape index (κ2) is 11.3. The van der Waals surface area contributed by atoms with E-state index in [0.717, 1.165) is 25.0 Å². The van der Waals surface area contributed by atoms with Crippen molar-refractivity contribution in [3.8, 4) is 22.6 Å². The molecule has 4 aromatic rings. The van der Waals surface area contributed by atoms with Crippen LogP contribution in [-0.4, -0.2) is 20.4 Å². The van der Waals surface area contributed by atoms with Crippen LogP contribution in [0.1, 0.15) is 24.0 Å².